The van der Waals surface area contributed by atoms with Gasteiger partial charge >= 0.3 is 12.0 Å². The van der Waals surface area contributed by atoms with Crippen molar-refractivity contribution in [1.29, 1.82) is 0 Å². The molecule has 3 heterocycles. The van der Waals surface area contributed by atoms with E-state index in [0.29, 0.717) is 47.6 Å². The molecule has 8 heteroatoms. The van der Waals surface area contributed by atoms with Crippen LogP contribution in [0.15, 0.2) is 54.6 Å². The summed E-state index contributed by atoms with van der Waals surface area (Å²) in [7, 11) is 0. The van der Waals surface area contributed by atoms with Crippen LogP contribution in [0.2, 0.25) is 0 Å². The van der Waals surface area contributed by atoms with E-state index in [1.54, 1.807) is 24.0 Å². The van der Waals surface area contributed by atoms with Gasteiger partial charge in [-0.15, -0.1) is 11.3 Å². The Morgan fingerprint density at radius 1 is 1.17 bits per heavy atom. The van der Waals surface area contributed by atoms with Crippen molar-refractivity contribution < 1.29 is 19.1 Å². The van der Waals surface area contributed by atoms with Crippen molar-refractivity contribution in [3.8, 4) is 16.3 Å². The van der Waals surface area contributed by atoms with Crippen molar-refractivity contribution in [1.82, 2.24) is 4.98 Å². The normalized spacial score (nSPS) is 12.7. The molecule has 7 nitrogen and oxygen atoms in total. The van der Waals surface area contributed by atoms with Gasteiger partial charge in [0.15, 0.2) is 11.6 Å². The number of hydrogen-bond acceptors (Lipinski definition) is 6. The molecule has 0 atom stereocenters. The molecule has 1 N–H and O–H groups in total. The molecule has 1 aromatic carbocycles. The molecular weight excluding hydrogens is 390 g/mol. The molecule has 148 valence electrons. The van der Waals surface area contributed by atoms with Gasteiger partial charge in [0, 0.05) is 5.69 Å². The van der Waals surface area contributed by atoms with Crippen molar-refractivity contribution in [2.75, 3.05) is 30.0 Å². The Labute approximate surface area is 171 Å². The molecule has 1 aliphatic rings. The summed E-state index contributed by atoms with van der Waals surface area (Å²) in [5.41, 5.74) is 1.37. The number of ether oxygens (including phenoxy) is 2. The van der Waals surface area contributed by atoms with E-state index in [2.05, 4.69) is 10.3 Å². The number of nitrogens with one attached hydrogen (secondary N) is 1. The first kappa shape index (κ1) is 18.9. The second-order valence-electron chi connectivity index (χ2n) is 6.20. The first-order chi connectivity index (χ1) is 14.2. The fraction of sp³-hybridized carbons (Fsp3) is 0.190. The number of hydrogen-bond donors (Lipinski definition) is 1. The van der Waals surface area contributed by atoms with Gasteiger partial charge in [-0.25, -0.2) is 14.6 Å². The summed E-state index contributed by atoms with van der Waals surface area (Å²) in [6, 6.07) is 16.1. The highest BCUT2D eigenvalue weighted by Gasteiger charge is 2.26. The van der Waals surface area contributed by atoms with Crippen LogP contribution >= 0.6 is 11.3 Å². The van der Waals surface area contributed by atoms with Gasteiger partial charge in [0.25, 0.3) is 0 Å². The number of para-hydroxylation sites is 1. The number of esters is 1. The predicted octanol–water partition coefficient (Wildman–Crippen LogP) is 4.42. The van der Waals surface area contributed by atoms with Crippen LogP contribution in [0.5, 0.6) is 5.75 Å². The minimum absolute atomic E-state index is 0.274. The first-order valence-electron chi connectivity index (χ1n) is 9.20. The number of benzene rings is 1. The zero-order chi connectivity index (χ0) is 20.2. The second-order valence-corrected chi connectivity index (χ2v) is 7.28. The predicted molar refractivity (Wildman–Crippen MR) is 112 cm³/mol. The van der Waals surface area contributed by atoms with Crippen molar-refractivity contribution in [2.24, 2.45) is 0 Å². The zero-order valence-corrected chi connectivity index (χ0v) is 16.6. The maximum Gasteiger partial charge on any atom is 0.348 e. The Kier molecular flexibility index (Phi) is 5.44. The average Bonchev–Trinajstić information content (AvgIpc) is 3.24. The molecule has 0 saturated heterocycles. The molecule has 2 amide bonds. The van der Waals surface area contributed by atoms with Crippen LogP contribution in [0.3, 0.4) is 0 Å². The van der Waals surface area contributed by atoms with E-state index in [9.17, 15) is 9.59 Å². The second kappa shape index (κ2) is 8.32. The standard InChI is InChI=1S/C21H19N3O4S/c1-2-27-20(25)18-11-10-17(29-18)15-8-9-16-19(23-15)24(12-13-28-16)21(26)22-14-6-4-3-5-7-14/h3-11H,2,12-13H2,1H3,(H,22,26). The van der Waals surface area contributed by atoms with Crippen molar-refractivity contribution in [3.05, 3.63) is 59.5 Å². The molecule has 0 saturated carbocycles. The molecule has 0 bridgehead atoms. The number of urea groups is 1. The lowest BCUT2D eigenvalue weighted by molar-refractivity contribution is 0.0532. The van der Waals surface area contributed by atoms with E-state index >= 15 is 0 Å². The summed E-state index contributed by atoms with van der Waals surface area (Å²) in [4.78, 5) is 32.3. The van der Waals surface area contributed by atoms with Gasteiger partial charge in [0.1, 0.15) is 11.5 Å². The number of anilines is 2. The third-order valence-corrected chi connectivity index (χ3v) is 5.36. The number of thiophene rings is 1. The molecule has 0 unspecified atom stereocenters. The zero-order valence-electron chi connectivity index (χ0n) is 15.8. The number of aromatic nitrogens is 1. The number of amides is 2. The van der Waals surface area contributed by atoms with Gasteiger partial charge < -0.3 is 14.8 Å². The number of fused-ring (bicyclic) bond motifs is 1. The van der Waals surface area contributed by atoms with Crippen LogP contribution in [-0.2, 0) is 4.74 Å². The summed E-state index contributed by atoms with van der Waals surface area (Å²) in [5.74, 6) is 0.646. The lowest BCUT2D eigenvalue weighted by Gasteiger charge is -2.28. The quantitative estimate of drug-likeness (QED) is 0.645. The van der Waals surface area contributed by atoms with Crippen LogP contribution in [-0.4, -0.2) is 36.7 Å². The highest BCUT2D eigenvalue weighted by Crippen LogP contribution is 2.35. The smallest absolute Gasteiger partial charge is 0.348 e. The highest BCUT2D eigenvalue weighted by atomic mass is 32.1. The number of nitrogens with zero attached hydrogens (tertiary/aromatic N) is 2. The van der Waals surface area contributed by atoms with Crippen LogP contribution in [0.25, 0.3) is 10.6 Å². The fourth-order valence-corrected chi connectivity index (χ4v) is 3.80. The monoisotopic (exact) mass is 409 g/mol. The molecule has 1 aliphatic heterocycles. The summed E-state index contributed by atoms with van der Waals surface area (Å²) in [5, 5.41) is 2.88. The topological polar surface area (TPSA) is 80.8 Å². The molecule has 0 aliphatic carbocycles. The maximum atomic E-state index is 12.8. The lowest BCUT2D eigenvalue weighted by atomic mass is 10.2. The Morgan fingerprint density at radius 3 is 2.79 bits per heavy atom. The molecule has 2 aromatic heterocycles. The highest BCUT2D eigenvalue weighted by molar-refractivity contribution is 7.17. The Morgan fingerprint density at radius 2 is 2.00 bits per heavy atom. The van der Waals surface area contributed by atoms with Gasteiger partial charge in [-0.2, -0.15) is 0 Å². The van der Waals surface area contributed by atoms with Gasteiger partial charge in [0.2, 0.25) is 0 Å². The lowest BCUT2D eigenvalue weighted by Crippen LogP contribution is -2.41. The number of carbonyl (C=O) groups is 2. The van der Waals surface area contributed by atoms with Gasteiger partial charge in [0.05, 0.1) is 23.7 Å². The third-order valence-electron chi connectivity index (χ3n) is 4.27. The average molecular weight is 409 g/mol. The van der Waals surface area contributed by atoms with Gasteiger partial charge in [-0.05, 0) is 43.3 Å². The van der Waals surface area contributed by atoms with E-state index in [-0.39, 0.29) is 12.0 Å². The Bertz CT molecular complexity index is 1040. The van der Waals surface area contributed by atoms with Crippen LogP contribution < -0.4 is 15.0 Å². The summed E-state index contributed by atoms with van der Waals surface area (Å²) in [6.45, 7) is 2.88. The number of carbonyl (C=O) groups excluding carboxylic acids is 2. The van der Waals surface area contributed by atoms with Crippen molar-refractivity contribution in [3.63, 3.8) is 0 Å². The molecular formula is C21H19N3O4S. The largest absolute Gasteiger partial charge is 0.488 e. The van der Waals surface area contributed by atoms with E-state index in [4.69, 9.17) is 9.47 Å². The van der Waals surface area contributed by atoms with Crippen molar-refractivity contribution in [2.45, 2.75) is 6.92 Å². The molecule has 0 fully saturated rings. The Balaban J connectivity index is 1.60. The van der Waals surface area contributed by atoms with E-state index in [1.807, 2.05) is 42.5 Å². The summed E-state index contributed by atoms with van der Waals surface area (Å²) in [6.07, 6.45) is 0. The van der Waals surface area contributed by atoms with E-state index in [0.717, 1.165) is 4.88 Å². The minimum Gasteiger partial charge on any atom is -0.488 e. The minimum atomic E-state index is -0.353. The van der Waals surface area contributed by atoms with Crippen LogP contribution in [0.4, 0.5) is 16.3 Å². The molecule has 4 rings (SSSR count). The Hall–Kier alpha value is -3.39. The third kappa shape index (κ3) is 4.07. The van der Waals surface area contributed by atoms with E-state index in [1.165, 1.54) is 11.3 Å². The van der Waals surface area contributed by atoms with Crippen LogP contribution in [0, 0.1) is 0 Å². The van der Waals surface area contributed by atoms with Crippen molar-refractivity contribution >= 4 is 34.8 Å². The van der Waals surface area contributed by atoms with E-state index < -0.39 is 0 Å². The fourth-order valence-electron chi connectivity index (χ4n) is 2.93. The van der Waals surface area contributed by atoms with Gasteiger partial charge in [-0.1, -0.05) is 18.2 Å². The van der Waals surface area contributed by atoms with Crippen LogP contribution in [0.1, 0.15) is 16.6 Å². The number of pyridine rings is 1. The molecule has 29 heavy (non-hydrogen) atoms. The molecule has 0 radical (unpaired) electrons. The maximum absolute atomic E-state index is 12.8. The molecule has 0 spiro atoms. The summed E-state index contributed by atoms with van der Waals surface area (Å²) < 4.78 is 10.7. The first-order valence-corrected chi connectivity index (χ1v) is 10.0. The summed E-state index contributed by atoms with van der Waals surface area (Å²) >= 11 is 1.30. The number of rotatable bonds is 4. The SMILES string of the molecule is CCOC(=O)c1ccc(-c2ccc3c(n2)N(C(=O)Nc2ccccc2)CCO3)s1. The molecule has 3 aromatic rings. The van der Waals surface area contributed by atoms with Gasteiger partial charge in [-0.3, -0.25) is 4.90 Å².